The molecule has 0 fully saturated rings. The minimum Gasteiger partial charge on any atom is -0.375 e. The molecule has 2 amide bonds. The van der Waals surface area contributed by atoms with Crippen molar-refractivity contribution in [2.45, 2.75) is 6.92 Å². The van der Waals surface area contributed by atoms with Gasteiger partial charge in [-0.25, -0.2) is 4.98 Å². The number of nitrogens with one attached hydrogen (secondary N) is 2. The van der Waals surface area contributed by atoms with E-state index in [0.29, 0.717) is 22.7 Å². The Morgan fingerprint density at radius 2 is 1.84 bits per heavy atom. The highest BCUT2D eigenvalue weighted by atomic mass is 16.5. The van der Waals surface area contributed by atoms with Crippen molar-refractivity contribution in [3.8, 4) is 0 Å². The van der Waals surface area contributed by atoms with E-state index in [2.05, 4.69) is 15.6 Å². The molecule has 0 saturated carbocycles. The molecule has 0 aliphatic heterocycles. The van der Waals surface area contributed by atoms with Gasteiger partial charge in [0.1, 0.15) is 17.9 Å². The van der Waals surface area contributed by atoms with Gasteiger partial charge < -0.3 is 19.8 Å². The number of hydrogen-bond donors (Lipinski definition) is 2. The fourth-order valence-electron chi connectivity index (χ4n) is 2.46. The minimum absolute atomic E-state index is 0.0306. The fourth-order valence-corrected chi connectivity index (χ4v) is 2.46. The maximum absolute atomic E-state index is 12.4. The molecule has 2 aromatic heterocycles. The summed E-state index contributed by atoms with van der Waals surface area (Å²) in [7, 11) is 1.45. The number of imidazole rings is 1. The molecule has 0 saturated heterocycles. The molecule has 1 aromatic carbocycles. The molecule has 0 unspecified atom stereocenters. The summed E-state index contributed by atoms with van der Waals surface area (Å²) in [4.78, 5) is 28.3. The highest BCUT2D eigenvalue weighted by Crippen LogP contribution is 2.16. The van der Waals surface area contributed by atoms with E-state index >= 15 is 0 Å². The first-order valence-corrected chi connectivity index (χ1v) is 7.72. The molecule has 0 atom stereocenters. The predicted octanol–water partition coefficient (Wildman–Crippen LogP) is 2.48. The first-order chi connectivity index (χ1) is 12.1. The van der Waals surface area contributed by atoms with Crippen molar-refractivity contribution >= 4 is 28.8 Å². The van der Waals surface area contributed by atoms with E-state index in [4.69, 9.17) is 4.74 Å². The molecule has 3 aromatic rings. The molecular formula is C18H18N4O3. The molecule has 0 aliphatic rings. The van der Waals surface area contributed by atoms with E-state index in [9.17, 15) is 9.59 Å². The highest BCUT2D eigenvalue weighted by molar-refractivity contribution is 6.03. The summed E-state index contributed by atoms with van der Waals surface area (Å²) in [5.41, 5.74) is 3.17. The summed E-state index contributed by atoms with van der Waals surface area (Å²) in [5, 5.41) is 5.48. The summed E-state index contributed by atoms with van der Waals surface area (Å²) in [5.74, 6) is -0.578. The number of aryl methyl sites for hydroxylation is 1. The van der Waals surface area contributed by atoms with Crippen LogP contribution in [0.15, 0.2) is 48.7 Å². The number of pyridine rings is 1. The normalized spacial score (nSPS) is 10.6. The van der Waals surface area contributed by atoms with Crippen LogP contribution in [0.4, 0.5) is 11.4 Å². The maximum atomic E-state index is 12.4. The van der Waals surface area contributed by atoms with Gasteiger partial charge in [0.25, 0.3) is 5.91 Å². The van der Waals surface area contributed by atoms with Crippen molar-refractivity contribution < 1.29 is 14.3 Å². The van der Waals surface area contributed by atoms with Gasteiger partial charge in [-0.2, -0.15) is 0 Å². The molecule has 0 bridgehead atoms. The van der Waals surface area contributed by atoms with Crippen LogP contribution >= 0.6 is 0 Å². The van der Waals surface area contributed by atoms with E-state index < -0.39 is 0 Å². The molecule has 7 heteroatoms. The topological polar surface area (TPSA) is 84.7 Å². The molecule has 25 heavy (non-hydrogen) atoms. The first kappa shape index (κ1) is 16.7. The third kappa shape index (κ3) is 3.84. The smallest absolute Gasteiger partial charge is 0.275 e. The molecule has 0 aliphatic carbocycles. The molecule has 7 nitrogen and oxygen atoms in total. The third-order valence-electron chi connectivity index (χ3n) is 3.61. The van der Waals surface area contributed by atoms with Gasteiger partial charge >= 0.3 is 0 Å². The van der Waals surface area contributed by atoms with Crippen LogP contribution in [0, 0.1) is 6.92 Å². The molecule has 2 N–H and O–H groups in total. The zero-order valence-corrected chi connectivity index (χ0v) is 13.9. The largest absolute Gasteiger partial charge is 0.375 e. The zero-order chi connectivity index (χ0) is 17.8. The van der Waals surface area contributed by atoms with E-state index in [1.807, 2.05) is 29.5 Å². The summed E-state index contributed by atoms with van der Waals surface area (Å²) in [6.07, 6.45) is 1.70. The Kier molecular flexibility index (Phi) is 4.76. The van der Waals surface area contributed by atoms with Crippen LogP contribution in [-0.2, 0) is 9.53 Å². The standard InChI is InChI=1S/C18H18N4O3/c1-12-5-3-8-16-21-15(10-22(12)16)18(24)20-14-7-4-6-13(9-14)19-17(23)11-25-2/h3-10H,11H2,1-2H3,(H,19,23)(H,20,24). The summed E-state index contributed by atoms with van der Waals surface area (Å²) in [6, 6.07) is 12.6. The number of aromatic nitrogens is 2. The van der Waals surface area contributed by atoms with Crippen LogP contribution in [0.25, 0.3) is 5.65 Å². The number of ether oxygens (including phenoxy) is 1. The number of carbonyl (C=O) groups is 2. The van der Waals surface area contributed by atoms with Crippen LogP contribution in [-0.4, -0.2) is 34.9 Å². The summed E-state index contributed by atoms with van der Waals surface area (Å²) >= 11 is 0. The molecule has 128 valence electrons. The van der Waals surface area contributed by atoms with Crippen LogP contribution in [0.1, 0.15) is 16.2 Å². The SMILES string of the molecule is COCC(=O)Nc1cccc(NC(=O)c2cn3c(C)cccc3n2)c1. The highest BCUT2D eigenvalue weighted by Gasteiger charge is 2.12. The van der Waals surface area contributed by atoms with Crippen LogP contribution in [0.5, 0.6) is 0 Å². The Bertz CT molecular complexity index is 933. The number of amides is 2. The average Bonchev–Trinajstić information content (AvgIpc) is 3.01. The molecule has 0 spiro atoms. The maximum Gasteiger partial charge on any atom is 0.275 e. The lowest BCUT2D eigenvalue weighted by molar-refractivity contribution is -0.119. The minimum atomic E-state index is -0.316. The van der Waals surface area contributed by atoms with Crippen molar-refractivity contribution in [2.24, 2.45) is 0 Å². The van der Waals surface area contributed by atoms with Gasteiger partial charge in [-0.05, 0) is 37.3 Å². The van der Waals surface area contributed by atoms with Crippen molar-refractivity contribution in [1.82, 2.24) is 9.38 Å². The number of rotatable bonds is 5. The molecule has 2 heterocycles. The lowest BCUT2D eigenvalue weighted by atomic mass is 10.2. The Balaban J connectivity index is 1.76. The Hall–Kier alpha value is -3.19. The molecule has 3 rings (SSSR count). The average molecular weight is 338 g/mol. The van der Waals surface area contributed by atoms with E-state index in [1.54, 1.807) is 30.5 Å². The van der Waals surface area contributed by atoms with Gasteiger partial charge in [0.15, 0.2) is 0 Å². The summed E-state index contributed by atoms with van der Waals surface area (Å²) < 4.78 is 6.63. The van der Waals surface area contributed by atoms with E-state index in [-0.39, 0.29) is 18.4 Å². The quantitative estimate of drug-likeness (QED) is 0.748. The zero-order valence-electron chi connectivity index (χ0n) is 13.9. The fraction of sp³-hybridized carbons (Fsp3) is 0.167. The Morgan fingerprint density at radius 1 is 1.12 bits per heavy atom. The van der Waals surface area contributed by atoms with E-state index in [0.717, 1.165) is 5.69 Å². The van der Waals surface area contributed by atoms with Crippen LogP contribution in [0.2, 0.25) is 0 Å². The predicted molar refractivity (Wildman–Crippen MR) is 94.8 cm³/mol. The monoisotopic (exact) mass is 338 g/mol. The van der Waals surface area contributed by atoms with Gasteiger partial charge in [-0.1, -0.05) is 12.1 Å². The second-order valence-electron chi connectivity index (χ2n) is 5.54. The van der Waals surface area contributed by atoms with Crippen LogP contribution < -0.4 is 10.6 Å². The number of methoxy groups -OCH3 is 1. The summed E-state index contributed by atoms with van der Waals surface area (Å²) in [6.45, 7) is 1.92. The van der Waals surface area contributed by atoms with Gasteiger partial charge in [0.2, 0.25) is 5.91 Å². The Labute approximate surface area is 144 Å². The van der Waals surface area contributed by atoms with Crippen molar-refractivity contribution in [2.75, 3.05) is 24.4 Å². The van der Waals surface area contributed by atoms with Gasteiger partial charge in [-0.15, -0.1) is 0 Å². The first-order valence-electron chi connectivity index (χ1n) is 7.72. The Morgan fingerprint density at radius 3 is 2.56 bits per heavy atom. The van der Waals surface area contributed by atoms with Gasteiger partial charge in [0, 0.05) is 30.4 Å². The number of hydrogen-bond acceptors (Lipinski definition) is 4. The van der Waals surface area contributed by atoms with Crippen molar-refractivity contribution in [3.05, 3.63) is 60.0 Å². The lowest BCUT2D eigenvalue weighted by Gasteiger charge is -2.07. The second-order valence-corrected chi connectivity index (χ2v) is 5.54. The van der Waals surface area contributed by atoms with Crippen molar-refractivity contribution in [1.29, 1.82) is 0 Å². The molecular weight excluding hydrogens is 320 g/mol. The lowest BCUT2D eigenvalue weighted by Crippen LogP contribution is -2.17. The number of benzene rings is 1. The number of nitrogens with zero attached hydrogens (tertiary/aromatic N) is 2. The third-order valence-corrected chi connectivity index (χ3v) is 3.61. The number of carbonyl (C=O) groups excluding carboxylic acids is 2. The van der Waals surface area contributed by atoms with Gasteiger partial charge in [0.05, 0.1) is 0 Å². The number of fused-ring (bicyclic) bond motifs is 1. The molecule has 0 radical (unpaired) electrons. The number of anilines is 2. The second kappa shape index (κ2) is 7.14. The van der Waals surface area contributed by atoms with Crippen molar-refractivity contribution in [3.63, 3.8) is 0 Å². The van der Waals surface area contributed by atoms with E-state index in [1.165, 1.54) is 7.11 Å². The van der Waals surface area contributed by atoms with Gasteiger partial charge in [-0.3, -0.25) is 9.59 Å². The van der Waals surface area contributed by atoms with Crippen LogP contribution in [0.3, 0.4) is 0 Å².